The van der Waals surface area contributed by atoms with Gasteiger partial charge in [-0.15, -0.1) is 0 Å². The molecule has 5 rings (SSSR count). The fourth-order valence-corrected chi connectivity index (χ4v) is 5.96. The molecule has 9 heteroatoms. The molecule has 29 heavy (non-hydrogen) atoms. The topological polar surface area (TPSA) is 82.8 Å². The predicted molar refractivity (Wildman–Crippen MR) is 92.4 cm³/mol. The van der Waals surface area contributed by atoms with Crippen LogP contribution in [0.5, 0.6) is 0 Å². The van der Waals surface area contributed by atoms with Crippen LogP contribution >= 0.6 is 0 Å². The van der Waals surface area contributed by atoms with E-state index in [1.54, 1.807) is 13.0 Å². The molecule has 4 saturated heterocycles. The summed E-state index contributed by atoms with van der Waals surface area (Å²) in [4.78, 5) is 14.7. The van der Waals surface area contributed by atoms with E-state index >= 15 is 0 Å². The molecule has 1 amide bonds. The number of carbonyl (C=O) groups excluding carboxylic acids is 1. The first-order chi connectivity index (χ1) is 13.6. The first kappa shape index (κ1) is 18.9. The Morgan fingerprint density at radius 1 is 1.38 bits per heavy atom. The van der Waals surface area contributed by atoms with Gasteiger partial charge in [0, 0.05) is 18.0 Å². The maximum absolute atomic E-state index is 13.4. The van der Waals surface area contributed by atoms with Gasteiger partial charge in [0.1, 0.15) is 11.8 Å². The van der Waals surface area contributed by atoms with Crippen molar-refractivity contribution >= 4 is 11.6 Å². The minimum atomic E-state index is -4.73. The lowest BCUT2D eigenvalue weighted by molar-refractivity contribution is -0.164. The number of halogens is 3. The summed E-state index contributed by atoms with van der Waals surface area (Å²) in [5, 5.41) is 19.9. The molecule has 4 heterocycles. The van der Waals surface area contributed by atoms with Crippen LogP contribution in [0.1, 0.15) is 31.4 Å². The second kappa shape index (κ2) is 5.50. The molecular formula is C20H19F3N2O4. The van der Waals surface area contributed by atoms with Gasteiger partial charge in [-0.1, -0.05) is 6.92 Å². The van der Waals surface area contributed by atoms with Gasteiger partial charge in [0.15, 0.2) is 0 Å². The maximum Gasteiger partial charge on any atom is 0.417 e. The molecule has 4 fully saturated rings. The Kier molecular flexibility index (Phi) is 3.58. The Labute approximate surface area is 164 Å². The summed E-state index contributed by atoms with van der Waals surface area (Å²) in [5.41, 5.74) is -3.42. The van der Waals surface area contributed by atoms with Gasteiger partial charge in [-0.25, -0.2) is 0 Å². The van der Waals surface area contributed by atoms with Crippen LogP contribution in [0.4, 0.5) is 18.9 Å². The summed E-state index contributed by atoms with van der Waals surface area (Å²) >= 11 is 0. The second-order valence-electron chi connectivity index (χ2n) is 8.54. The SMILES string of the molecule is C[C@H]1[C@H](O)[C@@]23CCO[C@H]4[C@@H]2[C@H](C(=O)N4c2ccc(C#N)c(C(F)(F)F)c2)[C@]1(C)O3. The van der Waals surface area contributed by atoms with Gasteiger partial charge in [0.2, 0.25) is 5.91 Å². The highest BCUT2D eigenvalue weighted by Gasteiger charge is 2.80. The van der Waals surface area contributed by atoms with E-state index in [1.165, 1.54) is 11.0 Å². The molecule has 0 unspecified atom stereocenters. The van der Waals surface area contributed by atoms with E-state index in [-0.39, 0.29) is 24.1 Å². The Balaban J connectivity index is 1.64. The highest BCUT2D eigenvalue weighted by Crippen LogP contribution is 2.67. The number of hydrogen-bond donors (Lipinski definition) is 1. The van der Waals surface area contributed by atoms with Crippen LogP contribution in [0.3, 0.4) is 0 Å². The van der Waals surface area contributed by atoms with Crippen LogP contribution in [-0.4, -0.2) is 41.2 Å². The molecule has 0 aliphatic carbocycles. The quantitative estimate of drug-likeness (QED) is 0.772. The predicted octanol–water partition coefficient (Wildman–Crippen LogP) is 2.44. The molecule has 1 spiro atoms. The van der Waals surface area contributed by atoms with E-state index in [9.17, 15) is 23.1 Å². The number of aliphatic hydroxyl groups excluding tert-OH is 1. The molecule has 1 N–H and O–H groups in total. The average Bonchev–Trinajstić information content (AvgIpc) is 3.20. The van der Waals surface area contributed by atoms with Crippen LogP contribution in [0.2, 0.25) is 0 Å². The van der Waals surface area contributed by atoms with E-state index in [0.717, 1.165) is 12.1 Å². The summed E-state index contributed by atoms with van der Waals surface area (Å²) in [6, 6.07) is 4.78. The molecule has 1 aromatic carbocycles. The number of aliphatic hydroxyl groups is 1. The smallest absolute Gasteiger partial charge is 0.390 e. The number of nitriles is 1. The van der Waals surface area contributed by atoms with E-state index in [0.29, 0.717) is 6.42 Å². The van der Waals surface area contributed by atoms with E-state index in [2.05, 4.69) is 0 Å². The Bertz CT molecular complexity index is 960. The van der Waals surface area contributed by atoms with Gasteiger partial charge in [-0.2, -0.15) is 18.4 Å². The van der Waals surface area contributed by atoms with Crippen LogP contribution in [0.25, 0.3) is 0 Å². The van der Waals surface area contributed by atoms with Crippen molar-refractivity contribution in [2.45, 2.75) is 50.0 Å². The van der Waals surface area contributed by atoms with Crippen molar-refractivity contribution in [1.82, 2.24) is 0 Å². The molecule has 0 aromatic heterocycles. The number of nitrogens with zero attached hydrogens (tertiary/aromatic N) is 2. The largest absolute Gasteiger partial charge is 0.417 e. The van der Waals surface area contributed by atoms with Crippen LogP contribution in [0, 0.1) is 29.1 Å². The standard InChI is InChI=1S/C20H19F3N2O4/c1-9-15(26)19-5-6-28-17-14(19)13(18(9,2)29-19)16(27)25(17)11-4-3-10(8-24)12(7-11)20(21,22)23/h3-4,7,9,13-15,17,26H,5-6H2,1-2H3/t9-,13+,14-,15-,17-,18+,19+/m0/s1. The number of ether oxygens (including phenoxy) is 2. The lowest BCUT2D eigenvalue weighted by atomic mass is 9.60. The van der Waals surface area contributed by atoms with Gasteiger partial charge < -0.3 is 14.6 Å². The molecule has 1 aromatic rings. The summed E-state index contributed by atoms with van der Waals surface area (Å²) in [6.45, 7) is 3.84. The second-order valence-corrected chi connectivity index (χ2v) is 8.54. The van der Waals surface area contributed by atoms with Crippen molar-refractivity contribution in [2.24, 2.45) is 17.8 Å². The molecule has 0 radical (unpaired) electrons. The number of benzene rings is 1. The molecule has 4 aliphatic heterocycles. The monoisotopic (exact) mass is 408 g/mol. The number of hydrogen-bond acceptors (Lipinski definition) is 5. The fraction of sp³-hybridized carbons (Fsp3) is 0.600. The van der Waals surface area contributed by atoms with Crippen molar-refractivity contribution < 1.29 is 32.5 Å². The zero-order chi connectivity index (χ0) is 20.9. The summed E-state index contributed by atoms with van der Waals surface area (Å²) < 4.78 is 52.4. The Morgan fingerprint density at radius 2 is 2.10 bits per heavy atom. The molecule has 4 aliphatic rings. The fourth-order valence-electron chi connectivity index (χ4n) is 5.96. The third kappa shape index (κ3) is 2.09. The minimum Gasteiger partial charge on any atom is -0.390 e. The van der Waals surface area contributed by atoms with Crippen molar-refractivity contribution in [3.05, 3.63) is 29.3 Å². The van der Waals surface area contributed by atoms with E-state index < -0.39 is 52.7 Å². The first-order valence-corrected chi connectivity index (χ1v) is 9.50. The molecule has 7 atom stereocenters. The van der Waals surface area contributed by atoms with Gasteiger partial charge in [-0.05, 0) is 25.1 Å². The number of carbonyl (C=O) groups is 1. The van der Waals surface area contributed by atoms with E-state index in [4.69, 9.17) is 14.7 Å². The first-order valence-electron chi connectivity index (χ1n) is 9.50. The van der Waals surface area contributed by atoms with Crippen molar-refractivity contribution in [1.29, 1.82) is 5.26 Å². The van der Waals surface area contributed by atoms with Gasteiger partial charge in [0.25, 0.3) is 0 Å². The van der Waals surface area contributed by atoms with Crippen LogP contribution in [-0.2, 0) is 20.4 Å². The Hall–Kier alpha value is -2.15. The third-order valence-corrected chi connectivity index (χ3v) is 7.38. The number of fused-ring (bicyclic) bond motifs is 2. The maximum atomic E-state index is 13.4. The summed E-state index contributed by atoms with van der Waals surface area (Å²) in [5.74, 6) is -1.75. The number of amides is 1. The number of rotatable bonds is 1. The molecule has 154 valence electrons. The zero-order valence-corrected chi connectivity index (χ0v) is 15.7. The van der Waals surface area contributed by atoms with Crippen LogP contribution < -0.4 is 4.90 Å². The highest BCUT2D eigenvalue weighted by atomic mass is 19.4. The normalized spacial score (nSPS) is 42.9. The number of alkyl halides is 3. The number of anilines is 1. The molecule has 6 nitrogen and oxygen atoms in total. The zero-order valence-electron chi connectivity index (χ0n) is 15.7. The molecular weight excluding hydrogens is 389 g/mol. The lowest BCUT2D eigenvalue weighted by Crippen LogP contribution is -2.59. The minimum absolute atomic E-state index is 0.0305. The molecule has 2 bridgehead atoms. The lowest BCUT2D eigenvalue weighted by Gasteiger charge is -2.45. The van der Waals surface area contributed by atoms with Crippen molar-refractivity contribution in [3.8, 4) is 6.07 Å². The third-order valence-electron chi connectivity index (χ3n) is 7.38. The highest BCUT2D eigenvalue weighted by molar-refractivity contribution is 6.00. The van der Waals surface area contributed by atoms with Gasteiger partial charge >= 0.3 is 6.18 Å². The molecule has 0 saturated carbocycles. The Morgan fingerprint density at radius 3 is 2.76 bits per heavy atom. The van der Waals surface area contributed by atoms with Crippen LogP contribution in [0.15, 0.2) is 18.2 Å². The van der Waals surface area contributed by atoms with Crippen molar-refractivity contribution in [3.63, 3.8) is 0 Å². The summed E-state index contributed by atoms with van der Waals surface area (Å²) in [7, 11) is 0. The van der Waals surface area contributed by atoms with E-state index in [1.807, 2.05) is 6.92 Å². The van der Waals surface area contributed by atoms with Gasteiger partial charge in [-0.3, -0.25) is 9.69 Å². The van der Waals surface area contributed by atoms with Crippen molar-refractivity contribution in [2.75, 3.05) is 11.5 Å². The summed E-state index contributed by atoms with van der Waals surface area (Å²) in [6.07, 6.45) is -5.90. The van der Waals surface area contributed by atoms with Gasteiger partial charge in [0.05, 0.1) is 47.3 Å². The average molecular weight is 408 g/mol.